The van der Waals surface area contributed by atoms with Crippen molar-refractivity contribution in [3.63, 3.8) is 0 Å². The summed E-state index contributed by atoms with van der Waals surface area (Å²) in [6.07, 6.45) is 0. The largest absolute Gasteiger partial charge is 0.462 e. The molecule has 0 aliphatic carbocycles. The van der Waals surface area contributed by atoms with Crippen LogP contribution < -0.4 is 15.2 Å². The molecule has 4 aromatic rings. The summed E-state index contributed by atoms with van der Waals surface area (Å²) >= 11 is 0. The zero-order valence-electron chi connectivity index (χ0n) is 17.3. The number of carbonyl (C=O) groups is 1. The summed E-state index contributed by atoms with van der Waals surface area (Å²) in [5.74, 6) is 1.37. The van der Waals surface area contributed by atoms with Gasteiger partial charge in [-0.25, -0.2) is 14.8 Å². The van der Waals surface area contributed by atoms with Gasteiger partial charge >= 0.3 is 5.97 Å². The minimum absolute atomic E-state index is 0.205. The molecule has 5 rings (SSSR count). The van der Waals surface area contributed by atoms with Crippen molar-refractivity contribution in [2.75, 3.05) is 19.1 Å². The first kappa shape index (κ1) is 19.2. The fraction of sp³-hybridized carbons (Fsp3) is 0.261. The number of esters is 1. The molecule has 1 aliphatic heterocycles. The van der Waals surface area contributed by atoms with Crippen LogP contribution in [0, 0.1) is 5.92 Å². The average Bonchev–Trinajstić information content (AvgIpc) is 3.33. The number of para-hydroxylation sites is 2. The lowest BCUT2D eigenvalue weighted by molar-refractivity contribution is 0.0462. The van der Waals surface area contributed by atoms with Crippen LogP contribution >= 0.6 is 0 Å². The van der Waals surface area contributed by atoms with Gasteiger partial charge < -0.3 is 24.5 Å². The number of nitrogens with two attached hydrogens (primary N) is 1. The highest BCUT2D eigenvalue weighted by molar-refractivity contribution is 6.08. The number of fused-ring (bicyclic) bond motifs is 3. The van der Waals surface area contributed by atoms with E-state index in [-0.39, 0.29) is 24.1 Å². The van der Waals surface area contributed by atoms with Gasteiger partial charge in [0.1, 0.15) is 16.9 Å². The molecule has 2 aromatic heterocycles. The van der Waals surface area contributed by atoms with Gasteiger partial charge in [0.05, 0.1) is 24.2 Å². The Bertz CT molecular complexity index is 1310. The van der Waals surface area contributed by atoms with E-state index in [2.05, 4.69) is 0 Å². The van der Waals surface area contributed by atoms with Crippen LogP contribution in [-0.2, 0) is 11.3 Å². The highest BCUT2D eigenvalue weighted by Gasteiger charge is 2.26. The first-order valence-corrected chi connectivity index (χ1v) is 10.1. The van der Waals surface area contributed by atoms with Crippen molar-refractivity contribution in [2.45, 2.75) is 20.4 Å². The molecule has 158 valence electrons. The molecule has 0 unspecified atom stereocenters. The van der Waals surface area contributed by atoms with E-state index in [1.165, 1.54) is 0 Å². The van der Waals surface area contributed by atoms with E-state index in [0.29, 0.717) is 41.3 Å². The number of benzene rings is 2. The lowest BCUT2D eigenvalue weighted by Gasteiger charge is -2.09. The Morgan fingerprint density at radius 1 is 1.13 bits per heavy atom. The Balaban J connectivity index is 1.65. The van der Waals surface area contributed by atoms with E-state index in [9.17, 15) is 4.79 Å². The number of nitrogens with zero attached hydrogens (tertiary/aromatic N) is 3. The smallest absolute Gasteiger partial charge is 0.344 e. The van der Waals surface area contributed by atoms with Crippen molar-refractivity contribution in [1.82, 2.24) is 14.5 Å². The molecule has 0 saturated carbocycles. The van der Waals surface area contributed by atoms with Gasteiger partial charge in [0.15, 0.2) is 17.1 Å². The third-order valence-electron chi connectivity index (χ3n) is 5.12. The van der Waals surface area contributed by atoms with Gasteiger partial charge in [-0.1, -0.05) is 32.0 Å². The van der Waals surface area contributed by atoms with Crippen molar-refractivity contribution in [2.24, 2.45) is 5.92 Å². The van der Waals surface area contributed by atoms with Crippen molar-refractivity contribution in [3.8, 4) is 11.5 Å². The quantitative estimate of drug-likeness (QED) is 0.493. The van der Waals surface area contributed by atoms with Gasteiger partial charge in [-0.3, -0.25) is 0 Å². The molecular formula is C23H22N4O4. The van der Waals surface area contributed by atoms with Crippen LogP contribution in [0.1, 0.15) is 29.8 Å². The number of carbonyl (C=O) groups excluding carboxylic acids is 1. The van der Waals surface area contributed by atoms with Gasteiger partial charge in [0.25, 0.3) is 0 Å². The van der Waals surface area contributed by atoms with Crippen LogP contribution in [0.2, 0.25) is 0 Å². The molecule has 8 nitrogen and oxygen atoms in total. The number of ether oxygens (including phenoxy) is 3. The zero-order chi connectivity index (χ0) is 21.5. The predicted octanol–water partition coefficient (Wildman–Crippen LogP) is 3.76. The van der Waals surface area contributed by atoms with E-state index in [0.717, 1.165) is 11.1 Å². The maximum absolute atomic E-state index is 12.9. The van der Waals surface area contributed by atoms with Gasteiger partial charge in [0.2, 0.25) is 6.79 Å². The number of nitrogen functional groups attached to an aromatic ring is 1. The second-order valence-electron chi connectivity index (χ2n) is 7.91. The maximum atomic E-state index is 12.9. The summed E-state index contributed by atoms with van der Waals surface area (Å²) in [7, 11) is 0. The highest BCUT2D eigenvalue weighted by atomic mass is 16.7. The van der Waals surface area contributed by atoms with E-state index < -0.39 is 5.97 Å². The summed E-state index contributed by atoms with van der Waals surface area (Å²) in [6, 6.07) is 13.2. The van der Waals surface area contributed by atoms with Crippen molar-refractivity contribution < 1.29 is 19.0 Å². The topological polar surface area (TPSA) is 101 Å². The van der Waals surface area contributed by atoms with E-state index in [1.54, 1.807) is 4.57 Å². The molecule has 0 radical (unpaired) electrons. The number of hydrogen-bond acceptors (Lipinski definition) is 7. The van der Waals surface area contributed by atoms with Crippen LogP contribution in [0.15, 0.2) is 42.5 Å². The monoisotopic (exact) mass is 418 g/mol. The molecule has 0 atom stereocenters. The predicted molar refractivity (Wildman–Crippen MR) is 116 cm³/mol. The normalized spacial score (nSPS) is 12.7. The van der Waals surface area contributed by atoms with Gasteiger partial charge in [-0.05, 0) is 35.7 Å². The Morgan fingerprint density at radius 3 is 2.65 bits per heavy atom. The van der Waals surface area contributed by atoms with Crippen LogP contribution in [-0.4, -0.2) is 33.9 Å². The summed E-state index contributed by atoms with van der Waals surface area (Å²) in [5.41, 5.74) is 10.0. The molecule has 0 amide bonds. The Hall–Kier alpha value is -3.81. The molecule has 8 heteroatoms. The SMILES string of the molecule is CC(C)COC(=O)c1c(N)n(Cc2ccc3c(c2)OCO3)c2nc3ccccc3nc12. The molecule has 0 fully saturated rings. The molecule has 31 heavy (non-hydrogen) atoms. The van der Waals surface area contributed by atoms with Crippen molar-refractivity contribution >= 4 is 34.0 Å². The second-order valence-corrected chi connectivity index (χ2v) is 7.91. The highest BCUT2D eigenvalue weighted by Crippen LogP contribution is 2.34. The van der Waals surface area contributed by atoms with Crippen LogP contribution in [0.4, 0.5) is 5.82 Å². The molecule has 3 heterocycles. The molecule has 0 saturated heterocycles. The second kappa shape index (κ2) is 7.46. The Labute approximate surface area is 178 Å². The Morgan fingerprint density at radius 2 is 1.87 bits per heavy atom. The van der Waals surface area contributed by atoms with Gasteiger partial charge in [0, 0.05) is 0 Å². The minimum atomic E-state index is -0.495. The summed E-state index contributed by atoms with van der Waals surface area (Å²) < 4.78 is 18.1. The average molecular weight is 418 g/mol. The molecule has 0 spiro atoms. The molecule has 2 N–H and O–H groups in total. The standard InChI is InChI=1S/C23H22N4O4/c1-13(2)11-29-23(28)19-20-22(26-16-6-4-3-5-15(16)25-20)27(21(19)24)10-14-7-8-17-18(9-14)31-12-30-17/h3-9,13H,10-12,24H2,1-2H3. The van der Waals surface area contributed by atoms with Crippen molar-refractivity contribution in [3.05, 3.63) is 53.6 Å². The van der Waals surface area contributed by atoms with Gasteiger partial charge in [-0.2, -0.15) is 0 Å². The van der Waals surface area contributed by atoms with Crippen molar-refractivity contribution in [1.29, 1.82) is 0 Å². The van der Waals surface area contributed by atoms with Crippen LogP contribution in [0.25, 0.3) is 22.2 Å². The van der Waals surface area contributed by atoms with Crippen LogP contribution in [0.5, 0.6) is 11.5 Å². The first-order valence-electron chi connectivity index (χ1n) is 10.1. The molecule has 2 aromatic carbocycles. The molecule has 0 bridgehead atoms. The summed E-state index contributed by atoms with van der Waals surface area (Å²) in [4.78, 5) is 22.4. The lowest BCUT2D eigenvalue weighted by atomic mass is 10.2. The van der Waals surface area contributed by atoms with E-state index >= 15 is 0 Å². The van der Waals surface area contributed by atoms with Gasteiger partial charge in [-0.15, -0.1) is 0 Å². The number of rotatable bonds is 5. The third kappa shape index (κ3) is 3.39. The minimum Gasteiger partial charge on any atom is -0.462 e. The summed E-state index contributed by atoms with van der Waals surface area (Å²) in [5, 5.41) is 0. The Kier molecular flexibility index (Phi) is 4.62. The maximum Gasteiger partial charge on any atom is 0.344 e. The summed E-state index contributed by atoms with van der Waals surface area (Å²) in [6.45, 7) is 4.86. The first-order chi connectivity index (χ1) is 15.0. The number of aromatic nitrogens is 3. The number of hydrogen-bond donors (Lipinski definition) is 1. The third-order valence-corrected chi connectivity index (χ3v) is 5.12. The zero-order valence-corrected chi connectivity index (χ0v) is 17.3. The fourth-order valence-electron chi connectivity index (χ4n) is 3.61. The molecule has 1 aliphatic rings. The number of anilines is 1. The fourth-order valence-corrected chi connectivity index (χ4v) is 3.61. The van der Waals surface area contributed by atoms with Crippen LogP contribution in [0.3, 0.4) is 0 Å². The lowest BCUT2D eigenvalue weighted by Crippen LogP contribution is -2.13. The van der Waals surface area contributed by atoms with E-state index in [1.807, 2.05) is 56.3 Å². The molecular weight excluding hydrogens is 396 g/mol. The van der Waals surface area contributed by atoms with E-state index in [4.69, 9.17) is 29.9 Å².